The third-order valence-electron chi connectivity index (χ3n) is 2.01. The van der Waals surface area contributed by atoms with Crippen molar-refractivity contribution in [3.8, 4) is 5.88 Å². The molecular formula is C11H13N3O. The Hall–Kier alpha value is -1.84. The van der Waals surface area contributed by atoms with Crippen LogP contribution in [0, 0.1) is 0 Å². The highest BCUT2D eigenvalue weighted by molar-refractivity contribution is 5.76. The maximum atomic E-state index is 5.73. The van der Waals surface area contributed by atoms with Crippen molar-refractivity contribution in [3.05, 3.63) is 24.3 Å². The van der Waals surface area contributed by atoms with Gasteiger partial charge in [-0.25, -0.2) is 9.97 Å². The number of benzene rings is 1. The summed E-state index contributed by atoms with van der Waals surface area (Å²) in [4.78, 5) is 8.52. The summed E-state index contributed by atoms with van der Waals surface area (Å²) in [6.45, 7) is 2.64. The summed E-state index contributed by atoms with van der Waals surface area (Å²) in [6, 6.07) is 7.59. The van der Waals surface area contributed by atoms with Crippen LogP contribution in [0.3, 0.4) is 0 Å². The van der Waals surface area contributed by atoms with E-state index < -0.39 is 0 Å². The average Bonchev–Trinajstić information content (AvgIpc) is 2.26. The maximum absolute atomic E-state index is 5.73. The summed E-state index contributed by atoms with van der Waals surface area (Å²) in [6.07, 6.45) is 0.925. The lowest BCUT2D eigenvalue weighted by Crippen LogP contribution is -2.03. The molecule has 0 fully saturated rings. The van der Waals surface area contributed by atoms with E-state index in [0.29, 0.717) is 18.3 Å². The quantitative estimate of drug-likeness (QED) is 0.828. The first-order chi connectivity index (χ1) is 7.31. The molecule has 0 unspecified atom stereocenters. The van der Waals surface area contributed by atoms with Crippen LogP contribution in [-0.2, 0) is 0 Å². The largest absolute Gasteiger partial charge is 0.475 e. The van der Waals surface area contributed by atoms with Gasteiger partial charge in [-0.1, -0.05) is 19.1 Å². The lowest BCUT2D eigenvalue weighted by atomic mass is 10.3. The second kappa shape index (κ2) is 4.13. The summed E-state index contributed by atoms with van der Waals surface area (Å²) in [5.41, 5.74) is 7.32. The number of rotatable bonds is 3. The molecule has 1 aromatic heterocycles. The third-order valence-corrected chi connectivity index (χ3v) is 2.01. The molecule has 0 saturated heterocycles. The van der Waals surface area contributed by atoms with E-state index in [0.717, 1.165) is 17.5 Å². The molecule has 0 bridgehead atoms. The van der Waals surface area contributed by atoms with E-state index in [2.05, 4.69) is 9.97 Å². The molecule has 4 heteroatoms. The molecule has 0 aliphatic carbocycles. The van der Waals surface area contributed by atoms with Crippen molar-refractivity contribution >= 4 is 16.9 Å². The lowest BCUT2D eigenvalue weighted by molar-refractivity contribution is 0.307. The van der Waals surface area contributed by atoms with Crippen LogP contribution in [0.15, 0.2) is 24.3 Å². The molecule has 4 nitrogen and oxygen atoms in total. The molecule has 0 radical (unpaired) electrons. The maximum Gasteiger partial charge on any atom is 0.257 e. The zero-order chi connectivity index (χ0) is 10.7. The minimum atomic E-state index is 0.349. The second-order valence-corrected chi connectivity index (χ2v) is 3.25. The van der Waals surface area contributed by atoms with E-state index in [4.69, 9.17) is 10.5 Å². The molecule has 0 spiro atoms. The van der Waals surface area contributed by atoms with E-state index >= 15 is 0 Å². The monoisotopic (exact) mass is 203 g/mol. The van der Waals surface area contributed by atoms with E-state index in [1.165, 1.54) is 0 Å². The van der Waals surface area contributed by atoms with Gasteiger partial charge in [-0.3, -0.25) is 0 Å². The van der Waals surface area contributed by atoms with Crippen molar-refractivity contribution in [1.82, 2.24) is 9.97 Å². The van der Waals surface area contributed by atoms with Crippen LogP contribution in [0.4, 0.5) is 5.82 Å². The Labute approximate surface area is 88.1 Å². The van der Waals surface area contributed by atoms with Crippen LogP contribution in [0.2, 0.25) is 0 Å². The van der Waals surface area contributed by atoms with E-state index in [1.807, 2.05) is 31.2 Å². The summed E-state index contributed by atoms with van der Waals surface area (Å²) in [5.74, 6) is 0.776. The highest BCUT2D eigenvalue weighted by Gasteiger charge is 2.05. The number of nitrogens with zero attached hydrogens (tertiary/aromatic N) is 2. The van der Waals surface area contributed by atoms with Crippen molar-refractivity contribution in [2.75, 3.05) is 12.3 Å². The lowest BCUT2D eigenvalue weighted by Gasteiger charge is -2.06. The van der Waals surface area contributed by atoms with Gasteiger partial charge in [0.05, 0.1) is 17.6 Å². The van der Waals surface area contributed by atoms with E-state index in [1.54, 1.807) is 0 Å². The summed E-state index contributed by atoms with van der Waals surface area (Å²) in [7, 11) is 0. The molecule has 1 aromatic carbocycles. The van der Waals surface area contributed by atoms with Gasteiger partial charge in [0.2, 0.25) is 0 Å². The SMILES string of the molecule is CCCOc1nc2ccccc2nc1N. The molecule has 2 aromatic rings. The number of ether oxygens (including phenoxy) is 1. The highest BCUT2D eigenvalue weighted by atomic mass is 16.5. The first-order valence-corrected chi connectivity index (χ1v) is 4.96. The minimum absolute atomic E-state index is 0.349. The zero-order valence-electron chi connectivity index (χ0n) is 8.60. The molecule has 0 saturated carbocycles. The summed E-state index contributed by atoms with van der Waals surface area (Å²) >= 11 is 0. The second-order valence-electron chi connectivity index (χ2n) is 3.25. The number of aromatic nitrogens is 2. The predicted molar refractivity (Wildman–Crippen MR) is 59.7 cm³/mol. The van der Waals surface area contributed by atoms with Gasteiger partial charge in [-0.2, -0.15) is 0 Å². The average molecular weight is 203 g/mol. The van der Waals surface area contributed by atoms with Crippen LogP contribution in [0.1, 0.15) is 13.3 Å². The zero-order valence-corrected chi connectivity index (χ0v) is 8.60. The standard InChI is InChI=1S/C11H13N3O/c1-2-7-15-11-10(12)13-8-5-3-4-6-9(8)14-11/h3-6H,2,7H2,1H3,(H2,12,13). The van der Waals surface area contributed by atoms with Crippen molar-refractivity contribution < 1.29 is 4.74 Å². The normalized spacial score (nSPS) is 10.5. The van der Waals surface area contributed by atoms with E-state index in [9.17, 15) is 0 Å². The topological polar surface area (TPSA) is 61.0 Å². The Morgan fingerprint density at radius 3 is 2.53 bits per heavy atom. The minimum Gasteiger partial charge on any atom is -0.475 e. The third kappa shape index (κ3) is 1.98. The van der Waals surface area contributed by atoms with Gasteiger partial charge in [-0.15, -0.1) is 0 Å². The molecule has 2 N–H and O–H groups in total. The molecule has 15 heavy (non-hydrogen) atoms. The van der Waals surface area contributed by atoms with Gasteiger partial charge in [0.25, 0.3) is 5.88 Å². The smallest absolute Gasteiger partial charge is 0.257 e. The van der Waals surface area contributed by atoms with E-state index in [-0.39, 0.29) is 0 Å². The van der Waals surface area contributed by atoms with Crippen molar-refractivity contribution in [1.29, 1.82) is 0 Å². The number of fused-ring (bicyclic) bond motifs is 1. The number of para-hydroxylation sites is 2. The molecule has 0 amide bonds. The Balaban J connectivity index is 2.43. The van der Waals surface area contributed by atoms with Gasteiger partial charge in [0.15, 0.2) is 5.82 Å². The number of hydrogen-bond donors (Lipinski definition) is 1. The molecule has 2 rings (SSSR count). The number of anilines is 1. The van der Waals surface area contributed by atoms with Crippen LogP contribution in [0.5, 0.6) is 5.88 Å². The Morgan fingerprint density at radius 1 is 1.20 bits per heavy atom. The number of hydrogen-bond acceptors (Lipinski definition) is 4. The van der Waals surface area contributed by atoms with Crippen LogP contribution < -0.4 is 10.5 Å². The predicted octanol–water partition coefficient (Wildman–Crippen LogP) is 2.00. The van der Waals surface area contributed by atoms with Gasteiger partial charge >= 0.3 is 0 Å². The van der Waals surface area contributed by atoms with Crippen molar-refractivity contribution in [2.24, 2.45) is 0 Å². The Bertz CT molecular complexity index is 470. The molecule has 78 valence electrons. The summed E-state index contributed by atoms with van der Waals surface area (Å²) < 4.78 is 5.40. The molecule has 0 aliphatic rings. The van der Waals surface area contributed by atoms with Gasteiger partial charge in [0.1, 0.15) is 0 Å². The van der Waals surface area contributed by atoms with Crippen LogP contribution in [-0.4, -0.2) is 16.6 Å². The van der Waals surface area contributed by atoms with Crippen LogP contribution >= 0.6 is 0 Å². The molecule has 0 aliphatic heterocycles. The van der Waals surface area contributed by atoms with Crippen molar-refractivity contribution in [3.63, 3.8) is 0 Å². The first kappa shape index (κ1) is 9.71. The van der Waals surface area contributed by atoms with Gasteiger partial charge < -0.3 is 10.5 Å². The fraction of sp³-hybridized carbons (Fsp3) is 0.273. The molecule has 1 heterocycles. The van der Waals surface area contributed by atoms with Gasteiger partial charge in [-0.05, 0) is 18.6 Å². The Kier molecular flexibility index (Phi) is 2.67. The highest BCUT2D eigenvalue weighted by Crippen LogP contribution is 2.20. The fourth-order valence-electron chi connectivity index (χ4n) is 1.30. The Morgan fingerprint density at radius 2 is 1.87 bits per heavy atom. The first-order valence-electron chi connectivity index (χ1n) is 4.96. The van der Waals surface area contributed by atoms with Crippen LogP contribution in [0.25, 0.3) is 11.0 Å². The number of nitrogens with two attached hydrogens (primary N) is 1. The number of nitrogen functional groups attached to an aromatic ring is 1. The fourth-order valence-corrected chi connectivity index (χ4v) is 1.30. The van der Waals surface area contributed by atoms with Crippen molar-refractivity contribution in [2.45, 2.75) is 13.3 Å². The summed E-state index contributed by atoms with van der Waals surface area (Å²) in [5, 5.41) is 0. The molecule has 0 atom stereocenters. The molecular weight excluding hydrogens is 190 g/mol. The van der Waals surface area contributed by atoms with Gasteiger partial charge in [0, 0.05) is 0 Å².